The summed E-state index contributed by atoms with van der Waals surface area (Å²) < 4.78 is 0. The molecule has 22 heavy (non-hydrogen) atoms. The Morgan fingerprint density at radius 1 is 1.36 bits per heavy atom. The summed E-state index contributed by atoms with van der Waals surface area (Å²) in [5.74, 6) is 1.61. The third kappa shape index (κ3) is 4.71. The Balaban J connectivity index is 0.00000176. The summed E-state index contributed by atoms with van der Waals surface area (Å²) in [6.07, 6.45) is 5.57. The van der Waals surface area contributed by atoms with Gasteiger partial charge in [-0.25, -0.2) is 0 Å². The number of nitrogens with one attached hydrogen (secondary N) is 1. The van der Waals surface area contributed by atoms with E-state index in [0.717, 1.165) is 32.0 Å². The van der Waals surface area contributed by atoms with Gasteiger partial charge in [0.25, 0.3) is 0 Å². The third-order valence-corrected chi connectivity index (χ3v) is 5.76. The lowest BCUT2D eigenvalue weighted by Crippen LogP contribution is -2.36. The van der Waals surface area contributed by atoms with Gasteiger partial charge in [-0.2, -0.15) is 0 Å². The highest BCUT2D eigenvalue weighted by Gasteiger charge is 2.34. The average Bonchev–Trinajstić information content (AvgIpc) is 3.21. The van der Waals surface area contributed by atoms with E-state index < -0.39 is 0 Å². The van der Waals surface area contributed by atoms with Crippen molar-refractivity contribution in [3.05, 3.63) is 22.4 Å². The van der Waals surface area contributed by atoms with E-state index >= 15 is 0 Å². The summed E-state index contributed by atoms with van der Waals surface area (Å²) in [6.45, 7) is 5.32. The normalized spacial score (nSPS) is 20.2. The van der Waals surface area contributed by atoms with E-state index in [4.69, 9.17) is 0 Å². The largest absolute Gasteiger partial charge is 0.335 e. The van der Waals surface area contributed by atoms with Gasteiger partial charge in [-0.05, 0) is 62.1 Å². The lowest BCUT2D eigenvalue weighted by molar-refractivity contribution is -0.133. The molecule has 0 radical (unpaired) electrons. The Morgan fingerprint density at radius 3 is 2.68 bits per heavy atom. The first kappa shape index (κ1) is 17.8. The van der Waals surface area contributed by atoms with Gasteiger partial charge in [0, 0.05) is 17.3 Å². The zero-order chi connectivity index (χ0) is 14.7. The van der Waals surface area contributed by atoms with Gasteiger partial charge in [-0.3, -0.25) is 4.79 Å². The molecule has 124 valence electrons. The fraction of sp³-hybridized carbons (Fsp3) is 0.706. The van der Waals surface area contributed by atoms with E-state index in [1.54, 1.807) is 11.3 Å². The molecule has 5 heteroatoms. The average molecular weight is 343 g/mol. The molecule has 0 bridgehead atoms. The highest BCUT2D eigenvalue weighted by molar-refractivity contribution is 7.09. The molecule has 2 fully saturated rings. The Hall–Kier alpha value is -0.580. The number of carbonyl (C=O) groups is 1. The van der Waals surface area contributed by atoms with E-state index in [-0.39, 0.29) is 12.4 Å². The number of piperidine rings is 1. The van der Waals surface area contributed by atoms with Gasteiger partial charge >= 0.3 is 0 Å². The van der Waals surface area contributed by atoms with E-state index in [1.807, 2.05) is 0 Å². The minimum absolute atomic E-state index is 0. The van der Waals surface area contributed by atoms with Gasteiger partial charge < -0.3 is 10.2 Å². The molecule has 1 aliphatic carbocycles. The number of nitrogens with zero attached hydrogens (tertiary/aromatic N) is 1. The summed E-state index contributed by atoms with van der Waals surface area (Å²) in [7, 11) is 0. The van der Waals surface area contributed by atoms with Crippen molar-refractivity contribution in [2.75, 3.05) is 13.1 Å². The first-order valence-corrected chi connectivity index (χ1v) is 9.14. The SMILES string of the molecule is CC(CC(=O)N(Cc1cccs1)C1CC1)C1CCNCC1.Cl. The highest BCUT2D eigenvalue weighted by atomic mass is 35.5. The van der Waals surface area contributed by atoms with E-state index in [9.17, 15) is 4.79 Å². The Kier molecular flexibility index (Phi) is 6.72. The van der Waals surface area contributed by atoms with Gasteiger partial charge in [0.1, 0.15) is 0 Å². The van der Waals surface area contributed by atoms with Crippen LogP contribution in [0.25, 0.3) is 0 Å². The van der Waals surface area contributed by atoms with Crippen LogP contribution < -0.4 is 5.32 Å². The number of hydrogen-bond acceptors (Lipinski definition) is 3. The molecular formula is C17H27ClN2OS. The fourth-order valence-electron chi connectivity index (χ4n) is 3.35. The van der Waals surface area contributed by atoms with Crippen molar-refractivity contribution in [1.29, 1.82) is 0 Å². The summed E-state index contributed by atoms with van der Waals surface area (Å²) in [5, 5.41) is 5.51. The van der Waals surface area contributed by atoms with Gasteiger partial charge in [0.05, 0.1) is 6.54 Å². The van der Waals surface area contributed by atoms with Crippen molar-refractivity contribution in [3.63, 3.8) is 0 Å². The predicted octanol–water partition coefficient (Wildman–Crippen LogP) is 3.69. The highest BCUT2D eigenvalue weighted by Crippen LogP contribution is 2.32. The van der Waals surface area contributed by atoms with Crippen molar-refractivity contribution in [2.24, 2.45) is 11.8 Å². The van der Waals surface area contributed by atoms with Crippen molar-refractivity contribution in [3.8, 4) is 0 Å². The smallest absolute Gasteiger partial charge is 0.223 e. The van der Waals surface area contributed by atoms with Gasteiger partial charge in [-0.15, -0.1) is 23.7 Å². The minimum atomic E-state index is 0. The Bertz CT molecular complexity index is 455. The summed E-state index contributed by atoms with van der Waals surface area (Å²) in [6, 6.07) is 4.73. The van der Waals surface area contributed by atoms with Crippen LogP contribution in [0, 0.1) is 11.8 Å². The number of halogens is 1. The second-order valence-electron chi connectivity index (χ2n) is 6.60. The molecule has 3 nitrogen and oxygen atoms in total. The maximum Gasteiger partial charge on any atom is 0.223 e. The topological polar surface area (TPSA) is 32.3 Å². The van der Waals surface area contributed by atoms with Crippen LogP contribution in [0.2, 0.25) is 0 Å². The molecule has 1 aliphatic heterocycles. The second-order valence-corrected chi connectivity index (χ2v) is 7.63. The molecule has 0 spiro atoms. The van der Waals surface area contributed by atoms with E-state index in [0.29, 0.717) is 17.9 Å². The number of amides is 1. The number of hydrogen-bond donors (Lipinski definition) is 1. The minimum Gasteiger partial charge on any atom is -0.335 e. The lowest BCUT2D eigenvalue weighted by atomic mass is 9.84. The molecule has 1 aromatic rings. The fourth-order valence-corrected chi connectivity index (χ4v) is 4.05. The van der Waals surface area contributed by atoms with Crippen LogP contribution >= 0.6 is 23.7 Å². The predicted molar refractivity (Wildman–Crippen MR) is 94.5 cm³/mol. The Labute approximate surface area is 143 Å². The number of rotatable bonds is 6. The monoisotopic (exact) mass is 342 g/mol. The third-order valence-electron chi connectivity index (χ3n) is 4.90. The number of carbonyl (C=O) groups excluding carboxylic acids is 1. The van der Waals surface area contributed by atoms with Crippen molar-refractivity contribution in [1.82, 2.24) is 10.2 Å². The summed E-state index contributed by atoms with van der Waals surface area (Å²) in [5.41, 5.74) is 0. The first-order chi connectivity index (χ1) is 10.2. The molecule has 1 saturated carbocycles. The maximum atomic E-state index is 12.7. The van der Waals surface area contributed by atoms with Crippen LogP contribution in [0.4, 0.5) is 0 Å². The molecule has 0 aromatic carbocycles. The van der Waals surface area contributed by atoms with Crippen LogP contribution in [0.1, 0.15) is 43.9 Å². The molecule has 1 atom stereocenters. The maximum absolute atomic E-state index is 12.7. The zero-order valence-electron chi connectivity index (χ0n) is 13.3. The van der Waals surface area contributed by atoms with Crippen LogP contribution in [-0.4, -0.2) is 29.9 Å². The van der Waals surface area contributed by atoms with E-state index in [1.165, 1.54) is 30.6 Å². The molecular weight excluding hydrogens is 316 g/mol. The molecule has 2 aliphatic rings. The van der Waals surface area contributed by atoms with Crippen LogP contribution in [0.5, 0.6) is 0 Å². The standard InChI is InChI=1S/C17H26N2OS.ClH/c1-13(14-6-8-18-9-7-14)11-17(20)19(15-4-5-15)12-16-3-2-10-21-16;/h2-3,10,13-15,18H,4-9,11-12H2,1H3;1H. The summed E-state index contributed by atoms with van der Waals surface area (Å²) >= 11 is 1.76. The number of thiophene rings is 1. The molecule has 1 unspecified atom stereocenters. The first-order valence-electron chi connectivity index (χ1n) is 8.26. The molecule has 1 N–H and O–H groups in total. The zero-order valence-corrected chi connectivity index (χ0v) is 14.9. The van der Waals surface area contributed by atoms with E-state index in [2.05, 4.69) is 34.7 Å². The Morgan fingerprint density at radius 2 is 2.09 bits per heavy atom. The van der Waals surface area contributed by atoms with Gasteiger partial charge in [-0.1, -0.05) is 13.0 Å². The quantitative estimate of drug-likeness (QED) is 0.855. The molecule has 1 aromatic heterocycles. The van der Waals surface area contributed by atoms with Gasteiger partial charge in [0.2, 0.25) is 5.91 Å². The molecule has 2 heterocycles. The van der Waals surface area contributed by atoms with Crippen molar-refractivity contribution < 1.29 is 4.79 Å². The second kappa shape index (κ2) is 8.32. The molecule has 1 amide bonds. The van der Waals surface area contributed by atoms with Crippen LogP contribution in [0.3, 0.4) is 0 Å². The molecule has 3 rings (SSSR count). The van der Waals surface area contributed by atoms with Gasteiger partial charge in [0.15, 0.2) is 0 Å². The van der Waals surface area contributed by atoms with Crippen LogP contribution in [-0.2, 0) is 11.3 Å². The van der Waals surface area contributed by atoms with Crippen molar-refractivity contribution in [2.45, 2.75) is 51.6 Å². The molecule has 1 saturated heterocycles. The summed E-state index contributed by atoms with van der Waals surface area (Å²) in [4.78, 5) is 16.2. The van der Waals surface area contributed by atoms with Crippen molar-refractivity contribution >= 4 is 29.7 Å². The van der Waals surface area contributed by atoms with Crippen LogP contribution in [0.15, 0.2) is 17.5 Å². The lowest BCUT2D eigenvalue weighted by Gasteiger charge is -2.30.